The zero-order chi connectivity index (χ0) is 22.3. The summed E-state index contributed by atoms with van der Waals surface area (Å²) in [6.07, 6.45) is 3.32. The minimum absolute atomic E-state index is 0.0838. The summed E-state index contributed by atoms with van der Waals surface area (Å²) in [5.41, 5.74) is 3.32. The molecule has 4 aromatic rings. The Kier molecular flexibility index (Phi) is 6.42. The number of oxime groups is 1. The molecule has 4 heteroatoms. The van der Waals surface area contributed by atoms with Gasteiger partial charge >= 0.3 is 0 Å². The van der Waals surface area contributed by atoms with Crippen LogP contribution in [0.25, 0.3) is 16.8 Å². The van der Waals surface area contributed by atoms with Crippen LogP contribution >= 0.6 is 0 Å². The molecule has 0 aliphatic carbocycles. The predicted octanol–water partition coefficient (Wildman–Crippen LogP) is 6.55. The van der Waals surface area contributed by atoms with Crippen molar-refractivity contribution in [3.05, 3.63) is 114 Å². The van der Waals surface area contributed by atoms with Crippen molar-refractivity contribution in [2.75, 3.05) is 7.11 Å². The van der Waals surface area contributed by atoms with Crippen LogP contribution in [0.3, 0.4) is 0 Å². The molecule has 0 saturated heterocycles. The summed E-state index contributed by atoms with van der Waals surface area (Å²) in [5, 5.41) is 6.61. The SMILES string of the molecule is COc1cccc(C(=O)/C=C/c2ccc(O/N=C(\C)c3cccc4ccccc34)cc2)c1. The van der Waals surface area contributed by atoms with Crippen LogP contribution in [-0.4, -0.2) is 18.6 Å². The number of nitrogens with zero attached hydrogens (tertiary/aromatic N) is 1. The molecule has 4 aromatic carbocycles. The molecule has 0 atom stereocenters. The van der Waals surface area contributed by atoms with E-state index in [2.05, 4.69) is 23.4 Å². The molecule has 0 heterocycles. The van der Waals surface area contributed by atoms with Gasteiger partial charge in [-0.2, -0.15) is 0 Å². The van der Waals surface area contributed by atoms with E-state index in [1.807, 2.05) is 61.5 Å². The van der Waals surface area contributed by atoms with Crippen LogP contribution in [0.15, 0.2) is 102 Å². The van der Waals surface area contributed by atoms with E-state index in [0.29, 0.717) is 17.1 Å². The van der Waals surface area contributed by atoms with Crippen LogP contribution in [0.1, 0.15) is 28.4 Å². The van der Waals surface area contributed by atoms with E-state index in [1.54, 1.807) is 37.5 Å². The van der Waals surface area contributed by atoms with Gasteiger partial charge in [0.2, 0.25) is 0 Å². The number of benzene rings is 4. The second-order valence-electron chi connectivity index (χ2n) is 7.29. The monoisotopic (exact) mass is 421 g/mol. The van der Waals surface area contributed by atoms with Gasteiger partial charge in [-0.15, -0.1) is 0 Å². The van der Waals surface area contributed by atoms with Crippen molar-refractivity contribution < 1.29 is 14.4 Å². The van der Waals surface area contributed by atoms with Crippen molar-refractivity contribution in [2.45, 2.75) is 6.92 Å². The zero-order valence-electron chi connectivity index (χ0n) is 18.0. The Labute approximate surface area is 187 Å². The lowest BCUT2D eigenvalue weighted by atomic mass is 10.0. The highest BCUT2D eigenvalue weighted by atomic mass is 16.6. The molecule has 0 unspecified atom stereocenters. The predicted molar refractivity (Wildman–Crippen MR) is 130 cm³/mol. The molecule has 4 nitrogen and oxygen atoms in total. The van der Waals surface area contributed by atoms with Crippen LogP contribution in [0, 0.1) is 0 Å². The summed E-state index contributed by atoms with van der Waals surface area (Å²) in [5.74, 6) is 1.20. The number of hydrogen-bond donors (Lipinski definition) is 0. The number of methoxy groups -OCH3 is 1. The maximum atomic E-state index is 12.4. The first kappa shape index (κ1) is 21.1. The molecule has 0 bridgehead atoms. The van der Waals surface area contributed by atoms with Crippen molar-refractivity contribution >= 4 is 28.3 Å². The first-order valence-electron chi connectivity index (χ1n) is 10.3. The normalized spacial score (nSPS) is 11.6. The highest BCUT2D eigenvalue weighted by molar-refractivity contribution is 6.09. The Morgan fingerprint density at radius 3 is 2.41 bits per heavy atom. The van der Waals surface area contributed by atoms with Gasteiger partial charge in [0.05, 0.1) is 12.8 Å². The summed E-state index contributed by atoms with van der Waals surface area (Å²) in [7, 11) is 1.58. The number of ketones is 1. The Morgan fingerprint density at radius 2 is 1.59 bits per heavy atom. The van der Waals surface area contributed by atoms with Gasteiger partial charge in [0.15, 0.2) is 11.5 Å². The second kappa shape index (κ2) is 9.75. The van der Waals surface area contributed by atoms with E-state index in [-0.39, 0.29) is 5.78 Å². The number of allylic oxidation sites excluding steroid dienone is 1. The van der Waals surface area contributed by atoms with Gasteiger partial charge in [-0.3, -0.25) is 4.79 Å². The van der Waals surface area contributed by atoms with Gasteiger partial charge in [-0.05, 0) is 53.6 Å². The Balaban J connectivity index is 1.43. The highest BCUT2D eigenvalue weighted by Gasteiger charge is 2.05. The quantitative estimate of drug-likeness (QED) is 0.147. The fourth-order valence-corrected chi connectivity index (χ4v) is 3.40. The van der Waals surface area contributed by atoms with Crippen molar-refractivity contribution in [1.82, 2.24) is 0 Å². The first-order chi connectivity index (χ1) is 15.6. The van der Waals surface area contributed by atoms with Gasteiger partial charge in [-0.1, -0.05) is 78.0 Å². The van der Waals surface area contributed by atoms with Crippen LogP contribution < -0.4 is 9.57 Å². The molecule has 0 amide bonds. The standard InChI is InChI=1S/C28H23NO3/c1-20(26-12-6-8-22-7-3-4-11-27(22)26)29-32-24-16-13-21(14-17-24)15-18-28(30)23-9-5-10-25(19-23)31-2/h3-19H,1-2H3/b18-15+,29-20+. The molecule has 158 valence electrons. The fraction of sp³-hybridized carbons (Fsp3) is 0.0714. The average Bonchev–Trinajstić information content (AvgIpc) is 2.86. The summed E-state index contributed by atoms with van der Waals surface area (Å²) < 4.78 is 5.17. The van der Waals surface area contributed by atoms with Crippen LogP contribution in [0.4, 0.5) is 0 Å². The van der Waals surface area contributed by atoms with Crippen LogP contribution in [0.2, 0.25) is 0 Å². The smallest absolute Gasteiger partial charge is 0.185 e. The lowest BCUT2D eigenvalue weighted by molar-refractivity contribution is 0.104. The lowest BCUT2D eigenvalue weighted by Crippen LogP contribution is -1.99. The topological polar surface area (TPSA) is 47.9 Å². The van der Waals surface area contributed by atoms with Crippen molar-refractivity contribution in [1.29, 1.82) is 0 Å². The van der Waals surface area contributed by atoms with E-state index < -0.39 is 0 Å². The molecule has 0 aliphatic heterocycles. The minimum Gasteiger partial charge on any atom is -0.497 e. The van der Waals surface area contributed by atoms with Gasteiger partial charge in [0.25, 0.3) is 0 Å². The maximum absolute atomic E-state index is 12.4. The third kappa shape index (κ3) is 4.93. The second-order valence-corrected chi connectivity index (χ2v) is 7.29. The number of ether oxygens (including phenoxy) is 1. The number of fused-ring (bicyclic) bond motifs is 1. The molecule has 0 spiro atoms. The van der Waals surface area contributed by atoms with Gasteiger partial charge in [-0.25, -0.2) is 0 Å². The van der Waals surface area contributed by atoms with E-state index in [1.165, 1.54) is 5.39 Å². The van der Waals surface area contributed by atoms with Crippen LogP contribution in [-0.2, 0) is 0 Å². The van der Waals surface area contributed by atoms with Crippen molar-refractivity contribution in [2.24, 2.45) is 5.16 Å². The maximum Gasteiger partial charge on any atom is 0.185 e. The Bertz CT molecular complexity index is 1300. The van der Waals surface area contributed by atoms with Crippen molar-refractivity contribution in [3.63, 3.8) is 0 Å². The molecular formula is C28H23NO3. The molecule has 0 fully saturated rings. The fourth-order valence-electron chi connectivity index (χ4n) is 3.40. The first-order valence-corrected chi connectivity index (χ1v) is 10.3. The molecule has 0 aromatic heterocycles. The number of carbonyl (C=O) groups is 1. The van der Waals surface area contributed by atoms with Gasteiger partial charge in [0, 0.05) is 11.1 Å². The Morgan fingerprint density at radius 1 is 0.844 bits per heavy atom. The van der Waals surface area contributed by atoms with Gasteiger partial charge in [0.1, 0.15) is 5.75 Å². The van der Waals surface area contributed by atoms with Crippen molar-refractivity contribution in [3.8, 4) is 11.5 Å². The molecule has 0 radical (unpaired) electrons. The van der Waals surface area contributed by atoms with E-state index in [9.17, 15) is 4.79 Å². The Hall–Kier alpha value is -4.18. The van der Waals surface area contributed by atoms with Gasteiger partial charge < -0.3 is 9.57 Å². The number of hydrogen-bond acceptors (Lipinski definition) is 4. The van der Waals surface area contributed by atoms with E-state index in [0.717, 1.165) is 22.2 Å². The third-order valence-electron chi connectivity index (χ3n) is 5.13. The number of rotatable bonds is 7. The summed E-state index contributed by atoms with van der Waals surface area (Å²) in [6, 6.07) is 28.9. The van der Waals surface area contributed by atoms with E-state index in [4.69, 9.17) is 9.57 Å². The lowest BCUT2D eigenvalue weighted by Gasteiger charge is -2.06. The largest absolute Gasteiger partial charge is 0.497 e. The molecule has 0 aliphatic rings. The molecule has 0 saturated carbocycles. The summed E-state index contributed by atoms with van der Waals surface area (Å²) in [6.45, 7) is 1.93. The minimum atomic E-state index is -0.0838. The molecule has 0 N–H and O–H groups in total. The number of carbonyl (C=O) groups excluding carboxylic acids is 1. The third-order valence-corrected chi connectivity index (χ3v) is 5.13. The average molecular weight is 421 g/mol. The molecule has 32 heavy (non-hydrogen) atoms. The molecular weight excluding hydrogens is 398 g/mol. The van der Waals surface area contributed by atoms with Crippen LogP contribution in [0.5, 0.6) is 11.5 Å². The zero-order valence-corrected chi connectivity index (χ0v) is 18.0. The van der Waals surface area contributed by atoms with E-state index >= 15 is 0 Å². The summed E-state index contributed by atoms with van der Waals surface area (Å²) >= 11 is 0. The summed E-state index contributed by atoms with van der Waals surface area (Å²) in [4.78, 5) is 18.0. The molecule has 4 rings (SSSR count). The highest BCUT2D eigenvalue weighted by Crippen LogP contribution is 2.20.